The lowest BCUT2D eigenvalue weighted by atomic mass is 9.75. The molecule has 426 valence electrons. The highest BCUT2D eigenvalue weighted by Crippen LogP contribution is 2.42. The van der Waals surface area contributed by atoms with Gasteiger partial charge in [-0.2, -0.15) is 0 Å². The van der Waals surface area contributed by atoms with Crippen LogP contribution >= 0.6 is 0 Å². The molecule has 0 aromatic heterocycles. The van der Waals surface area contributed by atoms with Gasteiger partial charge in [0.1, 0.15) is 0 Å². The summed E-state index contributed by atoms with van der Waals surface area (Å²) >= 11 is 0. The van der Waals surface area contributed by atoms with E-state index in [0.29, 0.717) is 69.7 Å². The SMILES string of the molecule is CCN(CC(CCC[Si](C)(O[Si](OC)(OC)OC)O[Si](OC)(OC)OC)(CCC[Si](C)(O[Si](OC)(OC)OC)O[Si](OC)(OC)OC)CCC[Si](C)(O[Si](OC)(OC)OC)O[Si](OC)(OC)OC)C(C)=O. The van der Waals surface area contributed by atoms with E-state index in [-0.39, 0.29) is 5.91 Å². The van der Waals surface area contributed by atoms with Gasteiger partial charge in [-0.05, 0) is 69.4 Å². The molecule has 0 saturated heterocycles. The van der Waals surface area contributed by atoms with Gasteiger partial charge in [0.25, 0.3) is 0 Å². The average molecular weight is 1190 g/mol. The Morgan fingerprint density at radius 2 is 0.521 bits per heavy atom. The lowest BCUT2D eigenvalue weighted by molar-refractivity contribution is -0.130. The predicted octanol–water partition coefficient (Wildman–Crippen LogP) is 3.75. The van der Waals surface area contributed by atoms with Crippen LogP contribution in [0.4, 0.5) is 0 Å². The van der Waals surface area contributed by atoms with Crippen LogP contribution in [0.25, 0.3) is 0 Å². The molecule has 0 aliphatic carbocycles. The Morgan fingerprint density at radius 3 is 0.648 bits per heavy atom. The number of hydrogen-bond donors (Lipinski definition) is 0. The summed E-state index contributed by atoms with van der Waals surface area (Å²) in [6.45, 7) is 9.81. The minimum absolute atomic E-state index is 0.106. The minimum Gasteiger partial charge on any atom is -0.370 e. The Labute approximate surface area is 434 Å². The Morgan fingerprint density at radius 1 is 0.352 bits per heavy atom. The molecule has 0 aromatic rings. The van der Waals surface area contributed by atoms with E-state index in [2.05, 4.69) is 0 Å². The molecule has 0 aliphatic heterocycles. The monoisotopic (exact) mass is 1190 g/mol. The van der Waals surface area contributed by atoms with E-state index in [9.17, 15) is 4.79 Å². The van der Waals surface area contributed by atoms with Crippen LogP contribution in [0.2, 0.25) is 37.8 Å². The quantitative estimate of drug-likeness (QED) is 0.0789. The van der Waals surface area contributed by atoms with Crippen LogP contribution in [0, 0.1) is 5.41 Å². The van der Waals surface area contributed by atoms with Crippen molar-refractivity contribution in [2.45, 2.75) is 90.1 Å². The molecule has 0 aromatic carbocycles. The zero-order valence-corrected chi connectivity index (χ0v) is 55.9. The third-order valence-electron chi connectivity index (χ3n) is 11.9. The van der Waals surface area contributed by atoms with Crippen molar-refractivity contribution in [2.24, 2.45) is 5.41 Å². The summed E-state index contributed by atoms with van der Waals surface area (Å²) in [6.07, 6.45) is 3.04. The van der Waals surface area contributed by atoms with Crippen LogP contribution < -0.4 is 0 Å². The van der Waals surface area contributed by atoms with Crippen molar-refractivity contribution in [3.05, 3.63) is 0 Å². The number of nitrogens with zero attached hydrogens (tertiary/aromatic N) is 1. The highest BCUT2D eigenvalue weighted by atomic mass is 28.5. The van der Waals surface area contributed by atoms with Crippen LogP contribution in [-0.2, 0) is 109 Å². The van der Waals surface area contributed by atoms with E-state index in [1.807, 2.05) is 31.5 Å². The highest BCUT2D eigenvalue weighted by molar-refractivity contribution is 6.82. The molecule has 0 saturated carbocycles. The van der Waals surface area contributed by atoms with Crippen LogP contribution in [-0.4, -0.2) is 232 Å². The Bertz CT molecular complexity index is 1190. The standard InChI is InChI=1S/C36H91NO25Si9/c1-24-37(35(2)38)34-36(28-25-31-63(21,57-66(39-3,40-4)41-5)58-67(42-6,43-7)44-8,29-26-32-64(22,59-68(45-9,46-10)47-11)60-69(48-12,49-13)50-14)30-27-33-65(23,61-70(51-15,52-16)53-17)62-71(54-18,55-19)56-20/h24-34H2,1-23H3. The summed E-state index contributed by atoms with van der Waals surface area (Å²) < 4.78 is 143. The molecule has 71 heavy (non-hydrogen) atoms. The van der Waals surface area contributed by atoms with Crippen molar-refractivity contribution < 1.29 is 109 Å². The molecule has 0 heterocycles. The first-order valence-electron chi connectivity index (χ1n) is 22.7. The van der Waals surface area contributed by atoms with Gasteiger partial charge >= 0.3 is 80.0 Å². The molecule has 0 N–H and O–H groups in total. The number of rotatable bonds is 45. The largest absolute Gasteiger partial charge is 0.669 e. The zero-order chi connectivity index (χ0) is 54.9. The van der Waals surface area contributed by atoms with Gasteiger partial charge in [-0.3, -0.25) is 4.79 Å². The number of carbonyl (C=O) groups excluding carboxylic acids is 1. The topological polar surface area (TPSA) is 242 Å². The maximum atomic E-state index is 13.5. The van der Waals surface area contributed by atoms with E-state index in [1.54, 1.807) is 6.92 Å². The van der Waals surface area contributed by atoms with Crippen molar-refractivity contribution in [1.82, 2.24) is 4.90 Å². The van der Waals surface area contributed by atoms with E-state index in [4.69, 9.17) is 104 Å². The number of hydrogen-bond acceptors (Lipinski definition) is 25. The fourth-order valence-electron chi connectivity index (χ4n) is 8.02. The molecule has 0 unspecified atom stereocenters. The van der Waals surface area contributed by atoms with Gasteiger partial charge < -0.3 is 109 Å². The summed E-state index contributed by atoms with van der Waals surface area (Å²) in [7, 11) is -7.13. The maximum Gasteiger partial charge on any atom is 0.669 e. The van der Waals surface area contributed by atoms with E-state index >= 15 is 0 Å². The molecule has 1 amide bonds. The van der Waals surface area contributed by atoms with Crippen molar-refractivity contribution in [2.75, 3.05) is 141 Å². The molecule has 0 spiro atoms. The third kappa shape index (κ3) is 21.0. The molecule has 0 aliphatic rings. The average Bonchev–Trinajstić information content (AvgIpc) is 3.38. The Hall–Kier alpha value is 0.462. The molecule has 26 nitrogen and oxygen atoms in total. The van der Waals surface area contributed by atoms with Gasteiger partial charge in [-0.15, -0.1) is 0 Å². The van der Waals surface area contributed by atoms with Gasteiger partial charge in [-0.1, -0.05) is 19.3 Å². The summed E-state index contributed by atoms with van der Waals surface area (Å²) in [6, 6.07) is 1.03. The lowest BCUT2D eigenvalue weighted by Crippen LogP contribution is -2.62. The molecular weight excluding hydrogens is 1100 g/mol. The van der Waals surface area contributed by atoms with Crippen LogP contribution in [0.15, 0.2) is 0 Å². The third-order valence-corrected chi connectivity index (χ3v) is 41.1. The van der Waals surface area contributed by atoms with Gasteiger partial charge in [0.2, 0.25) is 5.91 Å². The van der Waals surface area contributed by atoms with Crippen LogP contribution in [0.3, 0.4) is 0 Å². The van der Waals surface area contributed by atoms with E-state index in [1.165, 1.54) is 128 Å². The maximum absolute atomic E-state index is 13.5. The van der Waals surface area contributed by atoms with Gasteiger partial charge in [0, 0.05) is 148 Å². The molecule has 0 atom stereocenters. The lowest BCUT2D eigenvalue weighted by Gasteiger charge is -2.42. The molecule has 0 bridgehead atoms. The van der Waals surface area contributed by atoms with Crippen LogP contribution in [0.5, 0.6) is 0 Å². The molecule has 0 fully saturated rings. The second-order valence-electron chi connectivity index (χ2n) is 16.3. The second-order valence-corrected chi connectivity index (χ2v) is 42.8. The minimum atomic E-state index is -3.75. The Kier molecular flexibility index (Phi) is 33.2. The summed E-state index contributed by atoms with van der Waals surface area (Å²) in [5.74, 6) is -0.106. The Balaban J connectivity index is 8.11. The van der Waals surface area contributed by atoms with Crippen molar-refractivity contribution in [3.8, 4) is 0 Å². The summed E-state index contributed by atoms with van der Waals surface area (Å²) in [4.78, 5) is 15.3. The first kappa shape index (κ1) is 71.5. The highest BCUT2D eigenvalue weighted by Gasteiger charge is 2.60. The molecule has 0 radical (unpaired) electrons. The van der Waals surface area contributed by atoms with Gasteiger partial charge in [-0.25, -0.2) is 0 Å². The fourth-order valence-corrected chi connectivity index (χ4v) is 36.2. The first-order valence-corrected chi connectivity index (χ1v) is 40.1. The first-order chi connectivity index (χ1) is 33.3. The summed E-state index contributed by atoms with van der Waals surface area (Å²) in [5, 5.41) is 0. The summed E-state index contributed by atoms with van der Waals surface area (Å²) in [5.41, 5.74) is -0.647. The van der Waals surface area contributed by atoms with Crippen molar-refractivity contribution in [3.63, 3.8) is 0 Å². The zero-order valence-electron chi connectivity index (χ0n) is 46.9. The smallest absolute Gasteiger partial charge is 0.370 e. The van der Waals surface area contributed by atoms with Gasteiger partial charge in [0.15, 0.2) is 0 Å². The molecule has 35 heteroatoms. The number of amides is 1. The van der Waals surface area contributed by atoms with Crippen LogP contribution in [0.1, 0.15) is 52.4 Å². The second kappa shape index (κ2) is 33.0. The molecule has 0 rings (SSSR count). The van der Waals surface area contributed by atoms with Crippen molar-refractivity contribution in [1.29, 1.82) is 0 Å². The fraction of sp³-hybridized carbons (Fsp3) is 0.972. The predicted molar refractivity (Wildman–Crippen MR) is 275 cm³/mol. The van der Waals surface area contributed by atoms with Crippen molar-refractivity contribution >= 4 is 85.9 Å². The normalized spacial score (nSPS) is 14.2. The molecular formula is C36H91NO25Si9. The number of carbonyl (C=O) groups is 1. The van der Waals surface area contributed by atoms with E-state index < -0.39 is 85.4 Å². The van der Waals surface area contributed by atoms with Gasteiger partial charge in [0.05, 0.1) is 0 Å². The van der Waals surface area contributed by atoms with E-state index in [0.717, 1.165) is 0 Å².